The zero-order valence-electron chi connectivity index (χ0n) is 17.4. The third-order valence-electron chi connectivity index (χ3n) is 5.59. The molecule has 2 amide bonds. The minimum absolute atomic E-state index is 0.00821. The molecule has 0 atom stereocenters. The summed E-state index contributed by atoms with van der Waals surface area (Å²) in [7, 11) is 0. The van der Waals surface area contributed by atoms with E-state index in [9.17, 15) is 9.59 Å². The fraction of sp³-hybridized carbons (Fsp3) is 0.160. The first-order chi connectivity index (χ1) is 15.7. The summed E-state index contributed by atoms with van der Waals surface area (Å²) in [5, 5.41) is 6.72. The van der Waals surface area contributed by atoms with Gasteiger partial charge in [0, 0.05) is 37.9 Å². The first kappa shape index (κ1) is 20.2. The maximum Gasteiger partial charge on any atom is 0.257 e. The molecule has 1 fully saturated rings. The van der Waals surface area contributed by atoms with Crippen molar-refractivity contribution in [3.8, 4) is 16.3 Å². The zero-order valence-corrected chi connectivity index (χ0v) is 18.2. The van der Waals surface area contributed by atoms with Gasteiger partial charge < -0.3 is 9.80 Å². The van der Waals surface area contributed by atoms with Crippen LogP contribution in [-0.4, -0.2) is 57.6 Å². The Kier molecular flexibility index (Phi) is 5.56. The van der Waals surface area contributed by atoms with Crippen LogP contribution in [0.1, 0.15) is 20.7 Å². The maximum atomic E-state index is 13.5. The van der Waals surface area contributed by atoms with Crippen LogP contribution in [0, 0.1) is 0 Å². The molecule has 0 radical (unpaired) electrons. The van der Waals surface area contributed by atoms with Gasteiger partial charge in [0.2, 0.25) is 0 Å². The average Bonchev–Trinajstić information content (AvgIpc) is 3.55. The van der Waals surface area contributed by atoms with E-state index < -0.39 is 0 Å². The van der Waals surface area contributed by atoms with Gasteiger partial charge >= 0.3 is 0 Å². The Morgan fingerprint density at radius 3 is 2.00 bits per heavy atom. The van der Waals surface area contributed by atoms with Gasteiger partial charge in [-0.25, -0.2) is 4.68 Å². The molecule has 1 saturated heterocycles. The lowest BCUT2D eigenvalue weighted by Crippen LogP contribution is -2.50. The fourth-order valence-corrected chi connectivity index (χ4v) is 4.61. The molecule has 6 nitrogen and oxygen atoms in total. The van der Waals surface area contributed by atoms with E-state index in [0.29, 0.717) is 43.0 Å². The summed E-state index contributed by atoms with van der Waals surface area (Å²) >= 11 is 1.57. The summed E-state index contributed by atoms with van der Waals surface area (Å²) < 4.78 is 1.76. The second kappa shape index (κ2) is 8.80. The minimum atomic E-state index is -0.0533. The van der Waals surface area contributed by atoms with Gasteiger partial charge in [0.05, 0.1) is 16.1 Å². The van der Waals surface area contributed by atoms with Gasteiger partial charge in [-0.1, -0.05) is 42.5 Å². The van der Waals surface area contributed by atoms with E-state index in [-0.39, 0.29) is 11.8 Å². The van der Waals surface area contributed by atoms with Crippen LogP contribution in [0.3, 0.4) is 0 Å². The van der Waals surface area contributed by atoms with E-state index in [0.717, 1.165) is 10.6 Å². The number of carbonyl (C=O) groups excluding carboxylic acids is 2. The molecule has 32 heavy (non-hydrogen) atoms. The van der Waals surface area contributed by atoms with Gasteiger partial charge in [-0.15, -0.1) is 11.3 Å². The van der Waals surface area contributed by atoms with Gasteiger partial charge in [-0.3, -0.25) is 9.59 Å². The Labute approximate surface area is 190 Å². The van der Waals surface area contributed by atoms with E-state index in [1.807, 2.05) is 94.2 Å². The van der Waals surface area contributed by atoms with E-state index in [2.05, 4.69) is 0 Å². The van der Waals surface area contributed by atoms with Gasteiger partial charge in [0.1, 0.15) is 5.69 Å². The van der Waals surface area contributed by atoms with Crippen LogP contribution in [0.15, 0.2) is 84.4 Å². The number of thiophene rings is 1. The van der Waals surface area contributed by atoms with Crippen LogP contribution in [0.25, 0.3) is 16.3 Å². The number of para-hydroxylation sites is 1. The Morgan fingerprint density at radius 1 is 0.750 bits per heavy atom. The highest BCUT2D eigenvalue weighted by Crippen LogP contribution is 2.29. The Hall–Kier alpha value is -3.71. The van der Waals surface area contributed by atoms with Gasteiger partial charge in [0.25, 0.3) is 11.8 Å². The zero-order chi connectivity index (χ0) is 21.9. The molecule has 0 aliphatic carbocycles. The summed E-state index contributed by atoms with van der Waals surface area (Å²) in [4.78, 5) is 30.8. The molecule has 3 heterocycles. The van der Waals surface area contributed by atoms with E-state index >= 15 is 0 Å². The van der Waals surface area contributed by atoms with Gasteiger partial charge in [-0.2, -0.15) is 5.10 Å². The topological polar surface area (TPSA) is 58.4 Å². The highest BCUT2D eigenvalue weighted by atomic mass is 32.1. The lowest BCUT2D eigenvalue weighted by molar-refractivity contribution is 0.0536. The fourth-order valence-electron chi connectivity index (χ4n) is 3.88. The number of nitrogens with zero attached hydrogens (tertiary/aromatic N) is 4. The molecule has 5 rings (SSSR count). The molecule has 160 valence electrons. The number of carbonyl (C=O) groups is 2. The largest absolute Gasteiger partial charge is 0.335 e. The van der Waals surface area contributed by atoms with Crippen molar-refractivity contribution in [1.29, 1.82) is 0 Å². The monoisotopic (exact) mass is 442 g/mol. The smallest absolute Gasteiger partial charge is 0.257 e. The van der Waals surface area contributed by atoms with Crippen molar-refractivity contribution < 1.29 is 9.59 Å². The highest BCUT2D eigenvalue weighted by Gasteiger charge is 2.28. The van der Waals surface area contributed by atoms with Crippen LogP contribution in [0.5, 0.6) is 0 Å². The summed E-state index contributed by atoms with van der Waals surface area (Å²) in [6.45, 7) is 2.02. The first-order valence-electron chi connectivity index (χ1n) is 10.5. The molecule has 1 aliphatic rings. The number of hydrogen-bond donors (Lipinski definition) is 0. The normalized spacial score (nSPS) is 13.9. The van der Waals surface area contributed by atoms with Crippen LogP contribution >= 0.6 is 11.3 Å². The van der Waals surface area contributed by atoms with Crippen LogP contribution < -0.4 is 0 Å². The molecular formula is C25H22N4O2S. The second-order valence-electron chi connectivity index (χ2n) is 7.60. The molecule has 0 unspecified atom stereocenters. The highest BCUT2D eigenvalue weighted by molar-refractivity contribution is 7.13. The van der Waals surface area contributed by atoms with Crippen molar-refractivity contribution in [3.63, 3.8) is 0 Å². The maximum absolute atomic E-state index is 13.5. The summed E-state index contributed by atoms with van der Waals surface area (Å²) in [5.74, 6) is -0.0451. The van der Waals surface area contributed by atoms with E-state index in [4.69, 9.17) is 5.10 Å². The van der Waals surface area contributed by atoms with E-state index in [1.165, 1.54) is 0 Å². The molecule has 4 aromatic rings. The number of piperazine rings is 1. The number of amides is 2. The summed E-state index contributed by atoms with van der Waals surface area (Å²) in [5.41, 5.74) is 2.86. The van der Waals surface area contributed by atoms with Gasteiger partial charge in [-0.05, 0) is 35.7 Å². The molecule has 2 aromatic carbocycles. The standard InChI is InChI=1S/C25H22N4O2S/c30-24(19-8-3-1-4-9-19)27-13-15-28(16-14-27)25(31)21-18-29(20-10-5-2-6-11-20)26-23(21)22-12-7-17-32-22/h1-12,17-18H,13-16H2. The lowest BCUT2D eigenvalue weighted by atomic mass is 10.1. The molecule has 2 aromatic heterocycles. The third kappa shape index (κ3) is 3.94. The lowest BCUT2D eigenvalue weighted by Gasteiger charge is -2.34. The molecular weight excluding hydrogens is 420 g/mol. The van der Waals surface area contributed by atoms with Crippen LogP contribution in [0.2, 0.25) is 0 Å². The van der Waals surface area contributed by atoms with Crippen molar-refractivity contribution >= 4 is 23.2 Å². The van der Waals surface area contributed by atoms with Gasteiger partial charge in [0.15, 0.2) is 0 Å². The Bertz CT molecular complexity index is 1210. The minimum Gasteiger partial charge on any atom is -0.335 e. The number of aromatic nitrogens is 2. The molecule has 0 bridgehead atoms. The molecule has 7 heteroatoms. The quantitative estimate of drug-likeness (QED) is 0.476. The van der Waals surface area contributed by atoms with Crippen LogP contribution in [-0.2, 0) is 0 Å². The summed E-state index contributed by atoms with van der Waals surface area (Å²) in [6, 6.07) is 23.0. The summed E-state index contributed by atoms with van der Waals surface area (Å²) in [6.07, 6.45) is 1.81. The van der Waals surface area contributed by atoms with Crippen molar-refractivity contribution in [2.75, 3.05) is 26.2 Å². The predicted molar refractivity (Wildman–Crippen MR) is 125 cm³/mol. The Morgan fingerprint density at radius 2 is 1.38 bits per heavy atom. The predicted octanol–water partition coefficient (Wildman–Crippen LogP) is 4.20. The molecule has 0 saturated carbocycles. The van der Waals surface area contributed by atoms with E-state index in [1.54, 1.807) is 16.0 Å². The number of hydrogen-bond acceptors (Lipinski definition) is 4. The average molecular weight is 443 g/mol. The van der Waals surface area contributed by atoms with Crippen molar-refractivity contribution in [2.45, 2.75) is 0 Å². The van der Waals surface area contributed by atoms with Crippen molar-refractivity contribution in [3.05, 3.63) is 95.5 Å². The molecule has 0 spiro atoms. The second-order valence-corrected chi connectivity index (χ2v) is 8.55. The number of rotatable bonds is 4. The molecule has 1 aliphatic heterocycles. The first-order valence-corrected chi connectivity index (χ1v) is 11.4. The van der Waals surface area contributed by atoms with Crippen molar-refractivity contribution in [1.82, 2.24) is 19.6 Å². The third-order valence-corrected chi connectivity index (χ3v) is 6.47. The molecule has 0 N–H and O–H groups in total. The Balaban J connectivity index is 1.37. The number of benzene rings is 2. The van der Waals surface area contributed by atoms with Crippen molar-refractivity contribution in [2.24, 2.45) is 0 Å². The van der Waals surface area contributed by atoms with Crippen LogP contribution in [0.4, 0.5) is 0 Å². The SMILES string of the molecule is O=C(c1ccccc1)N1CCN(C(=O)c2cn(-c3ccccc3)nc2-c2cccs2)CC1.